The summed E-state index contributed by atoms with van der Waals surface area (Å²) in [5, 5.41) is 7.43. The largest absolute Gasteiger partial charge is 0.361 e. The maximum Gasteiger partial charge on any atom is 0.254 e. The minimum atomic E-state index is -0.186. The Morgan fingerprint density at radius 2 is 2.12 bits per heavy atom. The van der Waals surface area contributed by atoms with Crippen molar-refractivity contribution in [3.05, 3.63) is 40.0 Å². The topological polar surface area (TPSA) is 79.8 Å². The first kappa shape index (κ1) is 16.5. The number of nitrogens with one attached hydrogen (secondary N) is 2. The Morgan fingerprint density at radius 3 is 2.79 bits per heavy atom. The molecule has 0 saturated carbocycles. The van der Waals surface area contributed by atoms with Gasteiger partial charge in [0, 0.05) is 29.5 Å². The molecule has 0 saturated heterocycles. The molecule has 1 aliphatic carbocycles. The summed E-state index contributed by atoms with van der Waals surface area (Å²) in [7, 11) is 0. The number of rotatable bonds is 4. The molecule has 2 N–H and O–H groups in total. The van der Waals surface area contributed by atoms with Gasteiger partial charge in [0.1, 0.15) is 0 Å². The Kier molecular flexibility index (Phi) is 4.30. The molecule has 0 aliphatic heterocycles. The van der Waals surface area contributed by atoms with E-state index in [0.29, 0.717) is 24.1 Å². The highest BCUT2D eigenvalue weighted by molar-refractivity contribution is 6.10. The molecule has 2 heterocycles. The summed E-state index contributed by atoms with van der Waals surface area (Å²) in [6.45, 7) is 8.36. The summed E-state index contributed by atoms with van der Waals surface area (Å²) in [6, 6.07) is 1.93. The van der Waals surface area contributed by atoms with Crippen LogP contribution in [0.15, 0.2) is 6.07 Å². The molecule has 0 fully saturated rings. The van der Waals surface area contributed by atoms with Crippen LogP contribution >= 0.6 is 0 Å². The Labute approximate surface area is 141 Å². The lowest BCUT2D eigenvalue weighted by atomic mass is 9.93. The lowest BCUT2D eigenvalue weighted by Gasteiger charge is -2.16. The molecular formula is C18H24N4O2. The Balaban J connectivity index is 1.77. The predicted molar refractivity (Wildman–Crippen MR) is 91.4 cm³/mol. The molecule has 0 bridgehead atoms. The van der Waals surface area contributed by atoms with E-state index >= 15 is 0 Å². The van der Waals surface area contributed by atoms with Crippen molar-refractivity contribution in [2.75, 3.05) is 0 Å². The number of fused-ring (bicyclic) bond motifs is 1. The van der Waals surface area contributed by atoms with Gasteiger partial charge in [-0.2, -0.15) is 5.10 Å². The van der Waals surface area contributed by atoms with Crippen LogP contribution in [0.2, 0.25) is 0 Å². The molecule has 1 amide bonds. The van der Waals surface area contributed by atoms with Gasteiger partial charge in [0.15, 0.2) is 5.78 Å². The van der Waals surface area contributed by atoms with Gasteiger partial charge in [0.2, 0.25) is 0 Å². The van der Waals surface area contributed by atoms with Crippen LogP contribution < -0.4 is 5.32 Å². The number of carbonyl (C=O) groups excluding carboxylic acids is 2. The fourth-order valence-electron chi connectivity index (χ4n) is 3.48. The molecular weight excluding hydrogens is 304 g/mol. The molecule has 0 aromatic carbocycles. The smallest absolute Gasteiger partial charge is 0.254 e. The van der Waals surface area contributed by atoms with Gasteiger partial charge in [-0.05, 0) is 46.6 Å². The van der Waals surface area contributed by atoms with Crippen LogP contribution in [0.1, 0.15) is 63.3 Å². The second-order valence-electron chi connectivity index (χ2n) is 6.74. The number of amides is 1. The molecule has 1 atom stereocenters. The van der Waals surface area contributed by atoms with E-state index in [0.717, 1.165) is 35.6 Å². The molecule has 128 valence electrons. The maximum absolute atomic E-state index is 12.7. The summed E-state index contributed by atoms with van der Waals surface area (Å²) >= 11 is 0. The van der Waals surface area contributed by atoms with Gasteiger partial charge in [-0.25, -0.2) is 0 Å². The van der Waals surface area contributed by atoms with E-state index in [9.17, 15) is 9.59 Å². The zero-order chi connectivity index (χ0) is 17.4. The number of aromatic nitrogens is 3. The quantitative estimate of drug-likeness (QED) is 0.905. The first-order valence-electron chi connectivity index (χ1n) is 8.43. The summed E-state index contributed by atoms with van der Waals surface area (Å²) in [5.74, 6) is -0.119. The number of aryl methyl sites for hydroxylation is 4. The summed E-state index contributed by atoms with van der Waals surface area (Å²) in [5.41, 5.74) is 4.81. The number of Topliss-reactive ketones (excluding diaryl/α,β-unsaturated/α-hetero) is 1. The summed E-state index contributed by atoms with van der Waals surface area (Å²) < 4.78 is 1.89. The van der Waals surface area contributed by atoms with Crippen LogP contribution in [-0.2, 0) is 13.0 Å². The van der Waals surface area contributed by atoms with Crippen LogP contribution in [0.3, 0.4) is 0 Å². The third-order valence-electron chi connectivity index (χ3n) is 4.53. The monoisotopic (exact) mass is 328 g/mol. The van der Waals surface area contributed by atoms with Crippen molar-refractivity contribution < 1.29 is 9.59 Å². The maximum atomic E-state index is 12.7. The number of hydrogen-bond donors (Lipinski definition) is 2. The van der Waals surface area contributed by atoms with Gasteiger partial charge in [0.25, 0.3) is 5.91 Å². The highest BCUT2D eigenvalue weighted by Crippen LogP contribution is 2.26. The normalized spacial score (nSPS) is 15.2. The molecule has 0 radical (unpaired) electrons. The second kappa shape index (κ2) is 6.26. The average molecular weight is 328 g/mol. The predicted octanol–water partition coefficient (Wildman–Crippen LogP) is 2.47. The van der Waals surface area contributed by atoms with E-state index in [1.165, 1.54) is 0 Å². The summed E-state index contributed by atoms with van der Waals surface area (Å²) in [4.78, 5) is 28.2. The van der Waals surface area contributed by atoms with Gasteiger partial charge in [0.05, 0.1) is 23.4 Å². The van der Waals surface area contributed by atoms with Crippen LogP contribution in [0.5, 0.6) is 0 Å². The van der Waals surface area contributed by atoms with E-state index in [2.05, 4.69) is 15.4 Å². The van der Waals surface area contributed by atoms with E-state index < -0.39 is 0 Å². The summed E-state index contributed by atoms with van der Waals surface area (Å²) in [6.07, 6.45) is 2.20. The Bertz CT molecular complexity index is 800. The lowest BCUT2D eigenvalue weighted by molar-refractivity contribution is 0.0915. The first-order chi connectivity index (χ1) is 11.4. The van der Waals surface area contributed by atoms with Crippen molar-refractivity contribution in [1.82, 2.24) is 20.1 Å². The van der Waals surface area contributed by atoms with Gasteiger partial charge in [-0.3, -0.25) is 14.3 Å². The Hall–Kier alpha value is -2.37. The molecule has 1 unspecified atom stereocenters. The minimum Gasteiger partial charge on any atom is -0.361 e. The lowest BCUT2D eigenvalue weighted by Crippen LogP contribution is -2.37. The molecule has 6 nitrogen and oxygen atoms in total. The van der Waals surface area contributed by atoms with Crippen LogP contribution in [0.4, 0.5) is 0 Å². The van der Waals surface area contributed by atoms with Crippen molar-refractivity contribution in [2.24, 2.45) is 0 Å². The van der Waals surface area contributed by atoms with Crippen molar-refractivity contribution in [3.8, 4) is 0 Å². The number of ketones is 1. The number of aromatic amines is 1. The average Bonchev–Trinajstić information content (AvgIpc) is 2.98. The van der Waals surface area contributed by atoms with Crippen molar-refractivity contribution in [1.29, 1.82) is 0 Å². The fourth-order valence-corrected chi connectivity index (χ4v) is 3.48. The number of nitrogens with zero attached hydrogens (tertiary/aromatic N) is 2. The SMILES string of the molecule is Cc1cc(C)n(CC(C)NC(=O)c2c(C)[nH]c3c2C(=O)CCC3)n1. The fraction of sp³-hybridized carbons (Fsp3) is 0.500. The van der Waals surface area contributed by atoms with Crippen LogP contribution in [0.25, 0.3) is 0 Å². The minimum absolute atomic E-state index is 0.0666. The molecule has 2 aromatic rings. The van der Waals surface area contributed by atoms with Gasteiger partial charge in [-0.15, -0.1) is 0 Å². The number of carbonyl (C=O) groups is 2. The third-order valence-corrected chi connectivity index (χ3v) is 4.53. The zero-order valence-corrected chi connectivity index (χ0v) is 14.7. The molecule has 24 heavy (non-hydrogen) atoms. The van der Waals surface area contributed by atoms with Gasteiger partial charge in [-0.1, -0.05) is 0 Å². The van der Waals surface area contributed by atoms with E-state index in [1.54, 1.807) is 0 Å². The zero-order valence-electron chi connectivity index (χ0n) is 14.7. The standard InChI is InChI=1S/C18H24N4O2/c1-10-8-12(3)22(21-10)9-11(2)19-18(24)16-13(4)20-14-6-5-7-15(23)17(14)16/h8,11,20H,5-7,9H2,1-4H3,(H,19,24). The highest BCUT2D eigenvalue weighted by Gasteiger charge is 2.28. The second-order valence-corrected chi connectivity index (χ2v) is 6.74. The first-order valence-corrected chi connectivity index (χ1v) is 8.43. The van der Waals surface area contributed by atoms with E-state index in [-0.39, 0.29) is 17.7 Å². The van der Waals surface area contributed by atoms with E-state index in [1.807, 2.05) is 38.4 Å². The van der Waals surface area contributed by atoms with E-state index in [4.69, 9.17) is 0 Å². The van der Waals surface area contributed by atoms with Gasteiger partial charge >= 0.3 is 0 Å². The Morgan fingerprint density at radius 1 is 1.38 bits per heavy atom. The molecule has 0 spiro atoms. The third kappa shape index (κ3) is 3.00. The molecule has 1 aliphatic rings. The van der Waals surface area contributed by atoms with Gasteiger partial charge < -0.3 is 10.3 Å². The molecule has 6 heteroatoms. The molecule has 3 rings (SSSR count). The number of H-pyrrole nitrogens is 1. The molecule has 2 aromatic heterocycles. The van der Waals surface area contributed by atoms with Crippen molar-refractivity contribution in [3.63, 3.8) is 0 Å². The van der Waals surface area contributed by atoms with Crippen LogP contribution in [0, 0.1) is 20.8 Å². The highest BCUT2D eigenvalue weighted by atomic mass is 16.2. The van der Waals surface area contributed by atoms with Crippen LogP contribution in [-0.4, -0.2) is 32.5 Å². The number of hydrogen-bond acceptors (Lipinski definition) is 3. The van der Waals surface area contributed by atoms with Crippen molar-refractivity contribution in [2.45, 2.75) is 59.5 Å². The van der Waals surface area contributed by atoms with Crippen molar-refractivity contribution >= 4 is 11.7 Å².